The highest BCUT2D eigenvalue weighted by molar-refractivity contribution is 6.30. The topological polar surface area (TPSA) is 113 Å². The summed E-state index contributed by atoms with van der Waals surface area (Å²) in [5, 5.41) is 8.51. The van der Waals surface area contributed by atoms with Gasteiger partial charge in [0.1, 0.15) is 12.6 Å². The van der Waals surface area contributed by atoms with E-state index in [-0.39, 0.29) is 13.0 Å². The number of alkyl carbamates (subject to hydrolysis) is 1. The van der Waals surface area contributed by atoms with E-state index in [0.29, 0.717) is 17.3 Å². The molecule has 10 heteroatoms. The van der Waals surface area contributed by atoms with Crippen molar-refractivity contribution >= 4 is 40.7 Å². The summed E-state index contributed by atoms with van der Waals surface area (Å²) >= 11 is 6.03. The second kappa shape index (κ2) is 12.8. The predicted octanol–water partition coefficient (Wildman–Crippen LogP) is 5.05. The molecule has 0 aliphatic heterocycles. The molecule has 202 valence electrons. The fourth-order valence-electron chi connectivity index (χ4n) is 4.27. The van der Waals surface area contributed by atoms with Gasteiger partial charge < -0.3 is 19.6 Å². The van der Waals surface area contributed by atoms with Crippen molar-refractivity contribution in [3.8, 4) is 0 Å². The first-order valence-electron chi connectivity index (χ1n) is 12.6. The lowest BCUT2D eigenvalue weighted by Gasteiger charge is -2.16. The van der Waals surface area contributed by atoms with Crippen LogP contribution >= 0.6 is 11.6 Å². The van der Waals surface area contributed by atoms with Crippen LogP contribution in [0, 0.1) is 0 Å². The Labute approximate surface area is 235 Å². The van der Waals surface area contributed by atoms with Gasteiger partial charge in [-0.3, -0.25) is 4.79 Å². The lowest BCUT2D eigenvalue weighted by Crippen LogP contribution is -2.47. The van der Waals surface area contributed by atoms with Crippen LogP contribution in [0.15, 0.2) is 103 Å². The van der Waals surface area contributed by atoms with Crippen LogP contribution in [0.1, 0.15) is 22.4 Å². The van der Waals surface area contributed by atoms with Gasteiger partial charge in [-0.25, -0.2) is 15.2 Å². The van der Waals surface area contributed by atoms with Gasteiger partial charge in [-0.05, 0) is 29.3 Å². The Balaban J connectivity index is 1.27. The van der Waals surface area contributed by atoms with Crippen LogP contribution in [0.2, 0.25) is 5.02 Å². The second-order valence-electron chi connectivity index (χ2n) is 9.13. The number of nitrogens with zero attached hydrogens (tertiary/aromatic N) is 3. The van der Waals surface area contributed by atoms with Crippen molar-refractivity contribution in [2.45, 2.75) is 25.6 Å². The van der Waals surface area contributed by atoms with Gasteiger partial charge in [0.25, 0.3) is 5.91 Å². The highest BCUT2D eigenvalue weighted by atomic mass is 35.5. The first-order valence-corrected chi connectivity index (χ1v) is 13.0. The average Bonchev–Trinajstić information content (AvgIpc) is 3.61. The van der Waals surface area contributed by atoms with E-state index >= 15 is 0 Å². The quantitative estimate of drug-likeness (QED) is 0.165. The first-order chi connectivity index (χ1) is 19.5. The van der Waals surface area contributed by atoms with Gasteiger partial charge in [-0.2, -0.15) is 5.10 Å². The Morgan fingerprint density at radius 1 is 1.02 bits per heavy atom. The molecule has 1 atom stereocenters. The van der Waals surface area contributed by atoms with Crippen molar-refractivity contribution < 1.29 is 14.3 Å². The molecule has 0 aliphatic carbocycles. The summed E-state index contributed by atoms with van der Waals surface area (Å²) < 4.78 is 7.42. The number of hydrogen-bond acceptors (Lipinski definition) is 5. The van der Waals surface area contributed by atoms with Crippen LogP contribution < -0.4 is 10.7 Å². The number of hydrazone groups is 1. The summed E-state index contributed by atoms with van der Waals surface area (Å²) in [5.74, 6) is -0.493. The number of halogens is 1. The fourth-order valence-corrected chi connectivity index (χ4v) is 4.40. The van der Waals surface area contributed by atoms with Gasteiger partial charge in [0.15, 0.2) is 0 Å². The SMILES string of the molecule is O=C(N[C@@H](Cc1cnc[nH]1)C(=O)N/N=C\c1cn(Cc2ccc(Cl)cc2)c2ccccc12)OCc1ccccc1. The molecule has 9 nitrogen and oxygen atoms in total. The Kier molecular flexibility index (Phi) is 8.53. The van der Waals surface area contributed by atoms with Crippen molar-refractivity contribution in [3.63, 3.8) is 0 Å². The van der Waals surface area contributed by atoms with E-state index in [1.165, 1.54) is 6.33 Å². The molecule has 40 heavy (non-hydrogen) atoms. The molecule has 0 fully saturated rings. The molecule has 3 N–H and O–H groups in total. The van der Waals surface area contributed by atoms with E-state index in [2.05, 4.69) is 30.4 Å². The third kappa shape index (κ3) is 6.95. The van der Waals surface area contributed by atoms with Gasteiger partial charge >= 0.3 is 6.09 Å². The molecule has 0 aliphatic rings. The van der Waals surface area contributed by atoms with Gasteiger partial charge in [0.05, 0.1) is 12.5 Å². The van der Waals surface area contributed by atoms with Gasteiger partial charge in [0, 0.05) is 52.5 Å². The number of nitrogens with one attached hydrogen (secondary N) is 3. The molecule has 3 aromatic carbocycles. The Morgan fingerprint density at radius 2 is 1.80 bits per heavy atom. The lowest BCUT2D eigenvalue weighted by molar-refractivity contribution is -0.123. The molecule has 0 unspecified atom stereocenters. The molecule has 0 radical (unpaired) electrons. The minimum absolute atomic E-state index is 0.0866. The number of aromatic nitrogens is 3. The number of rotatable bonds is 10. The molecular formula is C30H27ClN6O3. The van der Waals surface area contributed by atoms with Crippen LogP contribution in [0.3, 0.4) is 0 Å². The maximum atomic E-state index is 13.1. The summed E-state index contributed by atoms with van der Waals surface area (Å²) in [6.45, 7) is 0.739. The smallest absolute Gasteiger partial charge is 0.408 e. The zero-order chi connectivity index (χ0) is 27.7. The molecule has 0 saturated carbocycles. The van der Waals surface area contributed by atoms with Crippen LogP contribution in [-0.4, -0.2) is 38.8 Å². The van der Waals surface area contributed by atoms with Crippen LogP contribution in [0.25, 0.3) is 10.9 Å². The zero-order valence-corrected chi connectivity index (χ0v) is 22.2. The van der Waals surface area contributed by atoms with E-state index < -0.39 is 18.0 Å². The molecule has 5 rings (SSSR count). The Bertz CT molecular complexity index is 1600. The van der Waals surface area contributed by atoms with Gasteiger partial charge in [-0.15, -0.1) is 0 Å². The van der Waals surface area contributed by atoms with Gasteiger partial charge in [0.2, 0.25) is 0 Å². The van der Waals surface area contributed by atoms with E-state index in [4.69, 9.17) is 16.3 Å². The van der Waals surface area contributed by atoms with E-state index in [9.17, 15) is 9.59 Å². The first kappa shape index (κ1) is 26.7. The van der Waals surface area contributed by atoms with Crippen LogP contribution in [-0.2, 0) is 29.1 Å². The number of benzene rings is 3. The minimum Gasteiger partial charge on any atom is -0.445 e. The van der Waals surface area contributed by atoms with E-state index in [1.54, 1.807) is 12.4 Å². The summed E-state index contributed by atoms with van der Waals surface area (Å²) in [5.41, 5.74) is 7.05. The number of carbonyl (C=O) groups excluding carboxylic acids is 2. The molecule has 0 saturated heterocycles. The zero-order valence-electron chi connectivity index (χ0n) is 21.5. The number of imidazole rings is 1. The molecular weight excluding hydrogens is 528 g/mol. The van der Waals surface area contributed by atoms with Crippen molar-refractivity contribution in [3.05, 3.63) is 125 Å². The molecule has 2 aromatic heterocycles. The van der Waals surface area contributed by atoms with Crippen LogP contribution in [0.5, 0.6) is 0 Å². The molecule has 0 spiro atoms. The second-order valence-corrected chi connectivity index (χ2v) is 9.57. The fraction of sp³-hybridized carbons (Fsp3) is 0.133. The van der Waals surface area contributed by atoms with Crippen molar-refractivity contribution in [2.75, 3.05) is 0 Å². The summed E-state index contributed by atoms with van der Waals surface area (Å²) in [6, 6.07) is 24.0. The highest BCUT2D eigenvalue weighted by Gasteiger charge is 2.22. The molecule has 2 amide bonds. The molecule has 0 bridgehead atoms. The number of hydrogen-bond donors (Lipinski definition) is 3. The number of amides is 2. The highest BCUT2D eigenvalue weighted by Crippen LogP contribution is 2.22. The summed E-state index contributed by atoms with van der Waals surface area (Å²) in [6.07, 6.45) is 6.15. The average molecular weight is 555 g/mol. The predicted molar refractivity (Wildman–Crippen MR) is 154 cm³/mol. The van der Waals surface area contributed by atoms with Gasteiger partial charge in [-0.1, -0.05) is 72.3 Å². The van der Waals surface area contributed by atoms with Crippen molar-refractivity contribution in [2.24, 2.45) is 5.10 Å². The number of fused-ring (bicyclic) bond motifs is 1. The Hall–Kier alpha value is -4.89. The minimum atomic E-state index is -0.938. The third-order valence-corrected chi connectivity index (χ3v) is 6.52. The summed E-state index contributed by atoms with van der Waals surface area (Å²) in [7, 11) is 0. The van der Waals surface area contributed by atoms with E-state index in [1.807, 2.05) is 85.1 Å². The Morgan fingerprint density at radius 3 is 2.58 bits per heavy atom. The molecule has 2 heterocycles. The number of ether oxygens (including phenoxy) is 1. The van der Waals surface area contributed by atoms with Crippen LogP contribution in [0.4, 0.5) is 4.79 Å². The lowest BCUT2D eigenvalue weighted by atomic mass is 10.1. The number of H-pyrrole nitrogens is 1. The molecule has 5 aromatic rings. The van der Waals surface area contributed by atoms with Crippen molar-refractivity contribution in [1.29, 1.82) is 0 Å². The number of aromatic amines is 1. The maximum absolute atomic E-state index is 13.1. The maximum Gasteiger partial charge on any atom is 0.408 e. The summed E-state index contributed by atoms with van der Waals surface area (Å²) in [4.78, 5) is 32.5. The van der Waals surface area contributed by atoms with Crippen molar-refractivity contribution in [1.82, 2.24) is 25.3 Å². The third-order valence-electron chi connectivity index (χ3n) is 6.26. The normalized spacial score (nSPS) is 11.9. The number of carbonyl (C=O) groups is 2. The monoisotopic (exact) mass is 554 g/mol. The number of para-hydroxylation sites is 1. The standard InChI is InChI=1S/C30H27ClN6O3/c31-24-12-10-21(11-13-24)17-37-18-23(26-8-4-5-9-28(26)37)15-34-36-29(38)27(14-25-16-32-20-33-25)35-30(39)40-19-22-6-2-1-3-7-22/h1-13,15-16,18,20,27H,14,17,19H2,(H,32,33)(H,35,39)(H,36,38)/b34-15-/t27-/m0/s1. The van der Waals surface area contributed by atoms with E-state index in [0.717, 1.165) is 27.6 Å². The largest absolute Gasteiger partial charge is 0.445 e.